The predicted molar refractivity (Wildman–Crippen MR) is 158 cm³/mol. The molecule has 0 aliphatic carbocycles. The number of aryl methyl sites for hydroxylation is 1. The second-order valence-electron chi connectivity index (χ2n) is 10.6. The predicted octanol–water partition coefficient (Wildman–Crippen LogP) is 11.0. The minimum absolute atomic E-state index is 0.149. The van der Waals surface area contributed by atoms with Crippen molar-refractivity contribution in [2.75, 3.05) is 6.61 Å². The largest absolute Gasteiger partial charge is 0.462 e. The second kappa shape index (κ2) is 16.9. The van der Waals surface area contributed by atoms with Crippen LogP contribution < -0.4 is 0 Å². The van der Waals surface area contributed by atoms with Gasteiger partial charge in [-0.15, -0.1) is 0 Å². The summed E-state index contributed by atoms with van der Waals surface area (Å²) in [6.07, 6.45) is 6.69. The molecule has 0 aliphatic heterocycles. The van der Waals surface area contributed by atoms with E-state index >= 15 is 0 Å². The van der Waals surface area contributed by atoms with E-state index in [9.17, 15) is 18.0 Å². The SMILES string of the molecule is CCCCCCCCc1ccc(-c2cccc(C(=O)OCCCCCCCC(F)(F)F)c2-c2ccccc2)cc1. The second-order valence-corrected chi connectivity index (χ2v) is 10.6. The molecule has 0 bridgehead atoms. The van der Waals surface area contributed by atoms with Gasteiger partial charge in [0.15, 0.2) is 0 Å². The van der Waals surface area contributed by atoms with E-state index in [1.807, 2.05) is 42.5 Å². The van der Waals surface area contributed by atoms with Crippen molar-refractivity contribution in [3.63, 3.8) is 0 Å². The molecule has 0 amide bonds. The molecule has 0 aromatic heterocycles. The molecule has 0 radical (unpaired) electrons. The third-order valence-electron chi connectivity index (χ3n) is 7.27. The minimum Gasteiger partial charge on any atom is -0.462 e. The molecule has 3 rings (SSSR count). The smallest absolute Gasteiger partial charge is 0.389 e. The fourth-order valence-corrected chi connectivity index (χ4v) is 5.04. The van der Waals surface area contributed by atoms with Crippen LogP contribution in [0.1, 0.15) is 99.9 Å². The van der Waals surface area contributed by atoms with Crippen LogP contribution >= 0.6 is 0 Å². The molecule has 40 heavy (non-hydrogen) atoms. The van der Waals surface area contributed by atoms with Gasteiger partial charge in [0.05, 0.1) is 12.2 Å². The summed E-state index contributed by atoms with van der Waals surface area (Å²) in [5.74, 6) is -0.377. The lowest BCUT2D eigenvalue weighted by Crippen LogP contribution is -2.09. The summed E-state index contributed by atoms with van der Waals surface area (Å²) in [5.41, 5.74) is 5.68. The van der Waals surface area contributed by atoms with Gasteiger partial charge in [0, 0.05) is 12.0 Å². The van der Waals surface area contributed by atoms with Crippen LogP contribution in [0.5, 0.6) is 0 Å². The van der Waals surface area contributed by atoms with E-state index in [2.05, 4.69) is 31.2 Å². The van der Waals surface area contributed by atoms with Crippen LogP contribution in [0.2, 0.25) is 0 Å². The van der Waals surface area contributed by atoms with E-state index in [1.54, 1.807) is 6.07 Å². The first-order chi connectivity index (χ1) is 19.4. The summed E-state index contributed by atoms with van der Waals surface area (Å²) in [6.45, 7) is 2.49. The third-order valence-corrected chi connectivity index (χ3v) is 7.27. The number of hydrogen-bond donors (Lipinski definition) is 0. The van der Waals surface area contributed by atoms with Crippen LogP contribution in [0.25, 0.3) is 22.3 Å². The quantitative estimate of drug-likeness (QED) is 0.123. The molecular formula is C35H43F3O2. The zero-order chi connectivity index (χ0) is 28.6. The first kappa shape index (κ1) is 31.4. The highest BCUT2D eigenvalue weighted by Gasteiger charge is 2.25. The molecule has 0 spiro atoms. The average molecular weight is 553 g/mol. The molecule has 3 aromatic rings. The summed E-state index contributed by atoms with van der Waals surface area (Å²) in [4.78, 5) is 13.2. The van der Waals surface area contributed by atoms with Gasteiger partial charge < -0.3 is 4.74 Å². The molecule has 0 fully saturated rings. The van der Waals surface area contributed by atoms with Crippen LogP contribution in [0.15, 0.2) is 72.8 Å². The molecule has 0 heterocycles. The maximum atomic E-state index is 13.2. The summed E-state index contributed by atoms with van der Waals surface area (Å²) < 4.78 is 42.5. The zero-order valence-electron chi connectivity index (χ0n) is 23.8. The van der Waals surface area contributed by atoms with Gasteiger partial charge in [-0.05, 0) is 54.0 Å². The Labute approximate surface area is 238 Å². The van der Waals surface area contributed by atoms with Crippen LogP contribution in [0.3, 0.4) is 0 Å². The minimum atomic E-state index is -4.09. The Bertz CT molecular complexity index is 1140. The normalized spacial score (nSPS) is 11.5. The Hall–Kier alpha value is -3.08. The van der Waals surface area contributed by atoms with Crippen molar-refractivity contribution in [3.05, 3.63) is 83.9 Å². The van der Waals surface area contributed by atoms with E-state index in [-0.39, 0.29) is 19.0 Å². The summed E-state index contributed by atoms with van der Waals surface area (Å²) >= 11 is 0. The molecule has 5 heteroatoms. The van der Waals surface area contributed by atoms with Crippen molar-refractivity contribution in [1.82, 2.24) is 0 Å². The monoisotopic (exact) mass is 552 g/mol. The van der Waals surface area contributed by atoms with Crippen molar-refractivity contribution in [3.8, 4) is 22.3 Å². The Balaban J connectivity index is 1.64. The Morgan fingerprint density at radius 1 is 0.675 bits per heavy atom. The number of hydrogen-bond acceptors (Lipinski definition) is 2. The number of esters is 1. The summed E-state index contributed by atoms with van der Waals surface area (Å²) in [6, 6.07) is 24.3. The van der Waals surface area contributed by atoms with Gasteiger partial charge in [0.2, 0.25) is 0 Å². The number of unbranched alkanes of at least 4 members (excludes halogenated alkanes) is 9. The maximum Gasteiger partial charge on any atom is 0.389 e. The molecule has 0 N–H and O–H groups in total. The summed E-state index contributed by atoms with van der Waals surface area (Å²) in [5, 5.41) is 0. The van der Waals surface area contributed by atoms with Crippen molar-refractivity contribution >= 4 is 5.97 Å². The van der Waals surface area contributed by atoms with Crippen LogP contribution in [0, 0.1) is 0 Å². The Kier molecular flexibility index (Phi) is 13.3. The van der Waals surface area contributed by atoms with Crippen LogP contribution in [-0.2, 0) is 11.2 Å². The fourth-order valence-electron chi connectivity index (χ4n) is 5.04. The fraction of sp³-hybridized carbons (Fsp3) is 0.457. The first-order valence-corrected chi connectivity index (χ1v) is 14.9. The lowest BCUT2D eigenvalue weighted by Gasteiger charge is -2.16. The molecule has 3 aromatic carbocycles. The van der Waals surface area contributed by atoms with Crippen LogP contribution in [0.4, 0.5) is 13.2 Å². The Morgan fingerprint density at radius 3 is 2.02 bits per heavy atom. The molecule has 2 nitrogen and oxygen atoms in total. The van der Waals surface area contributed by atoms with E-state index in [4.69, 9.17) is 4.74 Å². The zero-order valence-corrected chi connectivity index (χ0v) is 23.8. The molecule has 0 saturated carbocycles. The van der Waals surface area contributed by atoms with E-state index in [0.29, 0.717) is 24.8 Å². The number of ether oxygens (including phenoxy) is 1. The number of halogens is 3. The van der Waals surface area contributed by atoms with Crippen molar-refractivity contribution < 1.29 is 22.7 Å². The molecule has 216 valence electrons. The van der Waals surface area contributed by atoms with Gasteiger partial charge in [0.1, 0.15) is 0 Å². The maximum absolute atomic E-state index is 13.2. The lowest BCUT2D eigenvalue weighted by atomic mass is 9.90. The highest BCUT2D eigenvalue weighted by Crippen LogP contribution is 2.36. The van der Waals surface area contributed by atoms with Crippen molar-refractivity contribution in [1.29, 1.82) is 0 Å². The van der Waals surface area contributed by atoms with Crippen molar-refractivity contribution in [2.45, 2.75) is 96.6 Å². The van der Waals surface area contributed by atoms with Crippen molar-refractivity contribution in [2.24, 2.45) is 0 Å². The van der Waals surface area contributed by atoms with Gasteiger partial charge >= 0.3 is 12.1 Å². The molecule has 0 atom stereocenters. The van der Waals surface area contributed by atoms with Gasteiger partial charge in [-0.3, -0.25) is 0 Å². The topological polar surface area (TPSA) is 26.3 Å². The van der Waals surface area contributed by atoms with Gasteiger partial charge in [-0.2, -0.15) is 13.2 Å². The van der Waals surface area contributed by atoms with E-state index < -0.39 is 12.6 Å². The number of rotatable bonds is 17. The number of carbonyl (C=O) groups excluding carboxylic acids is 1. The highest BCUT2D eigenvalue weighted by atomic mass is 19.4. The lowest BCUT2D eigenvalue weighted by molar-refractivity contribution is -0.135. The highest BCUT2D eigenvalue weighted by molar-refractivity contribution is 6.02. The third kappa shape index (κ3) is 10.8. The average Bonchev–Trinajstić information content (AvgIpc) is 2.96. The molecule has 0 aliphatic rings. The van der Waals surface area contributed by atoms with E-state index in [1.165, 1.54) is 44.1 Å². The van der Waals surface area contributed by atoms with Gasteiger partial charge in [0.25, 0.3) is 0 Å². The molecule has 0 saturated heterocycles. The van der Waals surface area contributed by atoms with Gasteiger partial charge in [-0.1, -0.05) is 125 Å². The standard InChI is InChI=1S/C35H43F3O2/c1-2-3-4-5-7-11-17-28-22-24-29(25-23-28)31-20-16-21-32(33(31)30-18-12-10-13-19-30)34(39)40-27-15-9-6-8-14-26-35(36,37)38/h10,12-13,16,18-25H,2-9,11,14-15,17,26-27H2,1H3. The van der Waals surface area contributed by atoms with Crippen LogP contribution in [-0.4, -0.2) is 18.8 Å². The molecule has 0 unspecified atom stereocenters. The summed E-state index contributed by atoms with van der Waals surface area (Å²) in [7, 11) is 0. The number of carbonyl (C=O) groups is 1. The number of benzene rings is 3. The van der Waals surface area contributed by atoms with Gasteiger partial charge in [-0.25, -0.2) is 4.79 Å². The Morgan fingerprint density at radius 2 is 1.32 bits per heavy atom. The van der Waals surface area contributed by atoms with E-state index in [0.717, 1.165) is 35.1 Å². The first-order valence-electron chi connectivity index (χ1n) is 14.9. The molecular weight excluding hydrogens is 509 g/mol. The number of alkyl halides is 3.